The lowest BCUT2D eigenvalue weighted by Crippen LogP contribution is -2.27. The highest BCUT2D eigenvalue weighted by Crippen LogP contribution is 2.10. The third-order valence-corrected chi connectivity index (χ3v) is 5.24. The van der Waals surface area contributed by atoms with Gasteiger partial charge >= 0.3 is 16.4 Å². The molecule has 7 nitrogen and oxygen atoms in total. The number of carbonyl (C=O) groups excluding carboxylic acids is 1. The van der Waals surface area contributed by atoms with Crippen molar-refractivity contribution in [1.82, 2.24) is 0 Å². The summed E-state index contributed by atoms with van der Waals surface area (Å²) in [5.41, 5.74) is 0. The van der Waals surface area contributed by atoms with E-state index in [0.717, 1.165) is 32.1 Å². The number of hydrogen-bond acceptors (Lipinski definition) is 6. The van der Waals surface area contributed by atoms with E-state index in [-0.39, 0.29) is 12.6 Å². The minimum Gasteiger partial charge on any atom is -0.463 e. The minimum absolute atomic E-state index is 0.115. The van der Waals surface area contributed by atoms with Crippen LogP contribution in [0.25, 0.3) is 0 Å². The van der Waals surface area contributed by atoms with Gasteiger partial charge in [0.2, 0.25) is 0 Å². The third-order valence-electron chi connectivity index (χ3n) is 4.81. The number of unbranched alkanes of at least 4 members (excludes halogenated alkanes) is 11. The lowest BCUT2D eigenvalue weighted by atomic mass is 10.1. The molecule has 0 aliphatic rings. The Morgan fingerprint density at radius 1 is 0.867 bits per heavy atom. The number of ether oxygens (including phenoxy) is 2. The first-order valence-electron chi connectivity index (χ1n) is 11.3. The lowest BCUT2D eigenvalue weighted by molar-refractivity contribution is -0.148. The average Bonchev–Trinajstić information content (AvgIpc) is 2.70. The second-order valence-electron chi connectivity index (χ2n) is 7.59. The summed E-state index contributed by atoms with van der Waals surface area (Å²) in [7, 11) is -3.19. The van der Waals surface area contributed by atoms with Crippen molar-refractivity contribution in [2.45, 2.75) is 103 Å². The van der Waals surface area contributed by atoms with E-state index in [1.165, 1.54) is 58.5 Å². The van der Waals surface area contributed by atoms with Crippen molar-refractivity contribution in [2.75, 3.05) is 20.3 Å². The van der Waals surface area contributed by atoms with Crippen molar-refractivity contribution < 1.29 is 31.4 Å². The monoisotopic (exact) mass is 450 g/mol. The summed E-state index contributed by atoms with van der Waals surface area (Å²) >= 11 is 0. The van der Waals surface area contributed by atoms with E-state index in [1.807, 2.05) is 0 Å². The Morgan fingerprint density at radius 2 is 1.40 bits per heavy atom. The van der Waals surface area contributed by atoms with E-state index in [2.05, 4.69) is 23.3 Å². The molecule has 1 unspecified atom stereocenters. The van der Waals surface area contributed by atoms with Gasteiger partial charge in [0.1, 0.15) is 12.7 Å². The van der Waals surface area contributed by atoms with E-state index in [4.69, 9.17) is 14.0 Å². The highest BCUT2D eigenvalue weighted by atomic mass is 32.3. The predicted molar refractivity (Wildman–Crippen MR) is 119 cm³/mol. The molecule has 0 aliphatic heterocycles. The van der Waals surface area contributed by atoms with Crippen LogP contribution < -0.4 is 0 Å². The lowest BCUT2D eigenvalue weighted by Gasteiger charge is -2.14. The molecule has 0 heterocycles. The molecule has 1 N–H and O–H groups in total. The number of hydrogen-bond donors (Lipinski definition) is 1. The maximum absolute atomic E-state index is 11.7. The van der Waals surface area contributed by atoms with E-state index >= 15 is 0 Å². The molecule has 0 radical (unpaired) electrons. The van der Waals surface area contributed by atoms with Crippen LogP contribution in [0, 0.1) is 0 Å². The fourth-order valence-electron chi connectivity index (χ4n) is 2.94. The zero-order valence-corrected chi connectivity index (χ0v) is 19.7. The van der Waals surface area contributed by atoms with Gasteiger partial charge in [-0.15, -0.1) is 0 Å². The van der Waals surface area contributed by atoms with E-state index < -0.39 is 23.1 Å². The van der Waals surface area contributed by atoms with E-state index in [9.17, 15) is 13.2 Å². The average molecular weight is 451 g/mol. The number of esters is 1. The van der Waals surface area contributed by atoms with Gasteiger partial charge in [0.25, 0.3) is 0 Å². The maximum Gasteiger partial charge on any atom is 0.397 e. The van der Waals surface area contributed by atoms with Crippen LogP contribution in [0.2, 0.25) is 0 Å². The molecule has 0 rings (SSSR count). The van der Waals surface area contributed by atoms with Crippen molar-refractivity contribution >= 4 is 16.4 Å². The molecule has 0 aromatic rings. The van der Waals surface area contributed by atoms with Crippen LogP contribution in [0.5, 0.6) is 0 Å². The third kappa shape index (κ3) is 21.7. The summed E-state index contributed by atoms with van der Waals surface area (Å²) in [6.45, 7) is 1.72. The topological polar surface area (TPSA) is 99.1 Å². The van der Waals surface area contributed by atoms with Gasteiger partial charge in [0.05, 0.1) is 6.61 Å². The SMILES string of the molecule is CCCCCCCC/C=C\CCCCCCCC(=O)OCC(COS(=O)(=O)O)OC. The van der Waals surface area contributed by atoms with Crippen molar-refractivity contribution in [3.05, 3.63) is 12.2 Å². The van der Waals surface area contributed by atoms with Crippen molar-refractivity contribution in [1.29, 1.82) is 0 Å². The maximum atomic E-state index is 11.7. The summed E-state index contributed by atoms with van der Waals surface area (Å²) < 4.78 is 43.8. The van der Waals surface area contributed by atoms with Gasteiger partial charge in [0.15, 0.2) is 0 Å². The minimum atomic E-state index is -4.53. The zero-order chi connectivity index (χ0) is 22.5. The normalized spacial score (nSPS) is 13.0. The molecule has 178 valence electrons. The first-order chi connectivity index (χ1) is 14.4. The smallest absolute Gasteiger partial charge is 0.397 e. The predicted octanol–water partition coefficient (Wildman–Crippen LogP) is 5.40. The van der Waals surface area contributed by atoms with Crippen molar-refractivity contribution in [3.63, 3.8) is 0 Å². The van der Waals surface area contributed by atoms with Crippen molar-refractivity contribution in [3.8, 4) is 0 Å². The standard InChI is InChI=1S/C22H42O7S/c1-3-4-5-6-7-8-9-10-11-12-13-14-15-16-17-18-22(23)28-19-21(27-2)20-29-30(24,25)26/h10-11,21H,3-9,12-20H2,1-2H3,(H,24,25,26)/b11-10-. The van der Waals surface area contributed by atoms with Gasteiger partial charge < -0.3 is 9.47 Å². The van der Waals surface area contributed by atoms with Gasteiger partial charge in [0, 0.05) is 13.5 Å². The number of allylic oxidation sites excluding steroid dienone is 2. The first kappa shape index (κ1) is 29.0. The molecule has 0 aromatic heterocycles. The fraction of sp³-hybridized carbons (Fsp3) is 0.864. The highest BCUT2D eigenvalue weighted by Gasteiger charge is 2.15. The van der Waals surface area contributed by atoms with E-state index in [0.29, 0.717) is 6.42 Å². The van der Waals surface area contributed by atoms with Crippen LogP contribution in [0.1, 0.15) is 96.8 Å². The van der Waals surface area contributed by atoms with Gasteiger partial charge in [-0.1, -0.05) is 70.4 Å². The molecule has 0 saturated carbocycles. The van der Waals surface area contributed by atoms with Gasteiger partial charge in [-0.2, -0.15) is 8.42 Å². The van der Waals surface area contributed by atoms with Crippen LogP contribution in [-0.4, -0.2) is 45.4 Å². The van der Waals surface area contributed by atoms with Gasteiger partial charge in [-0.25, -0.2) is 4.18 Å². The molecular formula is C22H42O7S. The second kappa shape index (κ2) is 20.0. The molecule has 1 atom stereocenters. The Balaban J connectivity index is 3.48. The molecule has 0 fully saturated rings. The summed E-state index contributed by atoms with van der Waals surface area (Å²) in [6.07, 6.45) is 19.7. The van der Waals surface area contributed by atoms with Crippen LogP contribution in [-0.2, 0) is 28.9 Å². The summed E-state index contributed by atoms with van der Waals surface area (Å²) in [4.78, 5) is 11.7. The van der Waals surface area contributed by atoms with E-state index in [1.54, 1.807) is 0 Å². The van der Waals surface area contributed by atoms with Crippen molar-refractivity contribution in [2.24, 2.45) is 0 Å². The second-order valence-corrected chi connectivity index (χ2v) is 8.68. The van der Waals surface area contributed by atoms with Crippen LogP contribution in [0.3, 0.4) is 0 Å². The molecule has 0 saturated heterocycles. The molecule has 0 aromatic carbocycles. The largest absolute Gasteiger partial charge is 0.463 e. The summed E-state index contributed by atoms with van der Waals surface area (Å²) in [5.74, 6) is -0.346. The highest BCUT2D eigenvalue weighted by molar-refractivity contribution is 7.80. The van der Waals surface area contributed by atoms with Gasteiger partial charge in [-0.05, 0) is 32.1 Å². The summed E-state index contributed by atoms with van der Waals surface area (Å²) in [5, 5.41) is 0. The van der Waals surface area contributed by atoms with Crippen LogP contribution >= 0.6 is 0 Å². The molecule has 0 aliphatic carbocycles. The summed E-state index contributed by atoms with van der Waals surface area (Å²) in [6, 6.07) is 0. The Kier molecular flexibility index (Phi) is 19.3. The molecule has 0 bridgehead atoms. The Bertz CT molecular complexity index is 532. The van der Waals surface area contributed by atoms with Crippen LogP contribution in [0.15, 0.2) is 12.2 Å². The first-order valence-corrected chi connectivity index (χ1v) is 12.7. The molecule has 0 amide bonds. The molecule has 8 heteroatoms. The number of methoxy groups -OCH3 is 1. The quantitative estimate of drug-likeness (QED) is 0.108. The molecule has 0 spiro atoms. The number of carbonyl (C=O) groups is 1. The number of rotatable bonds is 21. The van der Waals surface area contributed by atoms with Crippen LogP contribution in [0.4, 0.5) is 0 Å². The Hall–Kier alpha value is -0.960. The molecule has 30 heavy (non-hydrogen) atoms. The van der Waals surface area contributed by atoms with Gasteiger partial charge in [-0.3, -0.25) is 9.35 Å². The molecular weight excluding hydrogens is 408 g/mol. The Morgan fingerprint density at radius 3 is 1.93 bits per heavy atom. The fourth-order valence-corrected chi connectivity index (χ4v) is 3.27. The Labute approximate surface area is 183 Å². The zero-order valence-electron chi connectivity index (χ0n) is 18.9.